The minimum atomic E-state index is -4.73. The van der Waals surface area contributed by atoms with E-state index in [4.69, 9.17) is 43.4 Å². The van der Waals surface area contributed by atoms with Gasteiger partial charge in [0, 0.05) is 73.2 Å². The van der Waals surface area contributed by atoms with Gasteiger partial charge in [0.05, 0.1) is 146 Å². The molecule has 4 heterocycles. The van der Waals surface area contributed by atoms with Crippen LogP contribution in [-0.4, -0.2) is 168 Å². The number of hydrogen-bond acceptors (Lipinski definition) is 14. The molecule has 0 radical (unpaired) electrons. The number of fused-ring (bicyclic) bond motifs is 3. The highest BCUT2D eigenvalue weighted by atomic mass is 19.4. The Morgan fingerprint density at radius 3 is 1.78 bits per heavy atom. The highest BCUT2D eigenvalue weighted by Gasteiger charge is 2.37. The number of hydrogen-bond donors (Lipinski definition) is 0. The topological polar surface area (TPSA) is 199 Å². The molecule has 0 unspecified atom stereocenters. The molecule has 1 aliphatic heterocycles. The molecule has 374 valence electrons. The fourth-order valence-corrected chi connectivity index (χ4v) is 7.53. The van der Waals surface area contributed by atoms with E-state index in [0.717, 1.165) is 22.9 Å². The van der Waals surface area contributed by atoms with E-state index in [2.05, 4.69) is 20.0 Å². The third-order valence-electron chi connectivity index (χ3n) is 11.1. The van der Waals surface area contributed by atoms with Gasteiger partial charge in [-0.3, -0.25) is 23.9 Å². The van der Waals surface area contributed by atoms with Gasteiger partial charge in [-0.1, -0.05) is 17.2 Å². The fourth-order valence-electron chi connectivity index (χ4n) is 7.53. The Morgan fingerprint density at radius 2 is 1.25 bits per heavy atom. The highest BCUT2D eigenvalue weighted by molar-refractivity contribution is 6.04. The molecule has 1 fully saturated rings. The lowest BCUT2D eigenvalue weighted by atomic mass is 10.0. The van der Waals surface area contributed by atoms with Crippen molar-refractivity contribution < 1.29 is 55.9 Å². The Kier molecular flexibility index (Phi) is 21.0. The number of anilines is 1. The number of carbonyl (C=O) groups excluding carboxylic acids is 1. The van der Waals surface area contributed by atoms with Crippen molar-refractivity contribution in [2.75, 3.05) is 143 Å². The van der Waals surface area contributed by atoms with Gasteiger partial charge in [0.2, 0.25) is 5.91 Å². The number of imidazole rings is 1. The van der Waals surface area contributed by atoms with E-state index in [1.165, 1.54) is 21.3 Å². The van der Waals surface area contributed by atoms with E-state index in [-0.39, 0.29) is 56.5 Å². The largest absolute Gasteiger partial charge is 0.418 e. The number of rotatable bonds is 30. The average Bonchev–Trinajstić information content (AvgIpc) is 3.61. The number of benzene rings is 2. The Hall–Kier alpha value is -5.68. The van der Waals surface area contributed by atoms with E-state index >= 15 is 0 Å². The van der Waals surface area contributed by atoms with E-state index in [1.807, 2.05) is 37.3 Å². The van der Waals surface area contributed by atoms with Crippen LogP contribution in [0.25, 0.3) is 49.2 Å². The van der Waals surface area contributed by atoms with Gasteiger partial charge in [0.1, 0.15) is 0 Å². The van der Waals surface area contributed by atoms with Gasteiger partial charge in [-0.25, -0.2) is 4.79 Å². The monoisotopic (exact) mass is 967 g/mol. The van der Waals surface area contributed by atoms with E-state index in [0.29, 0.717) is 128 Å². The van der Waals surface area contributed by atoms with Gasteiger partial charge in [-0.05, 0) is 54.4 Å². The zero-order chi connectivity index (χ0) is 48.9. The van der Waals surface area contributed by atoms with Gasteiger partial charge >= 0.3 is 11.9 Å². The molecule has 0 aliphatic carbocycles. The molecule has 2 aromatic carbocycles. The minimum Gasteiger partial charge on any atom is -0.379 e. The molecular weight excluding hydrogens is 908 g/mol. The molecule has 0 saturated carbocycles. The summed E-state index contributed by atoms with van der Waals surface area (Å²) < 4.78 is 90.9. The highest BCUT2D eigenvalue weighted by Crippen LogP contribution is 2.39. The predicted molar refractivity (Wildman–Crippen MR) is 251 cm³/mol. The number of nitrogens with zero attached hydrogens (tertiary/aromatic N) is 9. The summed E-state index contributed by atoms with van der Waals surface area (Å²) in [4.78, 5) is 41.6. The summed E-state index contributed by atoms with van der Waals surface area (Å²) >= 11 is 0. The smallest absolute Gasteiger partial charge is 0.379 e. The standard InChI is InChI=1S/C47H60F3N9O10/c1-35-3-4-37(33-52-35)36-5-7-41-39(31-36)45-43(34-53-41)56(2)46(61)59(45)38-6-8-42(40(32-38)47(48,49)50)57-11-13-58(14-12-57)44(60)9-15-62-17-19-64-21-23-66-25-27-68-29-30-69-28-26-67-24-22-65-20-18-63-16-10-54-55-51/h3-8,31-34H,9-30H2,1-2H3. The molecule has 0 N–H and O–H groups in total. The maximum absolute atomic E-state index is 14.9. The number of piperazine rings is 1. The zero-order valence-corrected chi connectivity index (χ0v) is 39.1. The minimum absolute atomic E-state index is 0.0189. The second kappa shape index (κ2) is 27.5. The van der Waals surface area contributed by atoms with Crippen LogP contribution in [0.4, 0.5) is 18.9 Å². The summed E-state index contributed by atoms with van der Waals surface area (Å²) in [5, 5.41) is 3.98. The van der Waals surface area contributed by atoms with Crippen molar-refractivity contribution in [2.45, 2.75) is 19.5 Å². The molecule has 6 rings (SSSR count). The number of azide groups is 1. The van der Waals surface area contributed by atoms with Crippen LogP contribution in [0, 0.1) is 6.92 Å². The lowest BCUT2D eigenvalue weighted by Crippen LogP contribution is -2.49. The number of alkyl halides is 3. The van der Waals surface area contributed by atoms with Crippen molar-refractivity contribution in [3.63, 3.8) is 0 Å². The number of pyridine rings is 2. The molecule has 1 aliphatic rings. The lowest BCUT2D eigenvalue weighted by Gasteiger charge is -2.37. The molecule has 69 heavy (non-hydrogen) atoms. The summed E-state index contributed by atoms with van der Waals surface area (Å²) in [7, 11) is 1.57. The maximum Gasteiger partial charge on any atom is 0.418 e. The quantitative estimate of drug-likeness (QED) is 0.0234. The first-order valence-corrected chi connectivity index (χ1v) is 22.9. The third kappa shape index (κ3) is 15.7. The van der Waals surface area contributed by atoms with Crippen LogP contribution in [0.15, 0.2) is 70.8 Å². The van der Waals surface area contributed by atoms with Gasteiger partial charge in [-0.2, -0.15) is 13.2 Å². The number of halogens is 3. The second-order valence-corrected chi connectivity index (χ2v) is 15.8. The molecular formula is C47H60F3N9O10. The van der Waals surface area contributed by atoms with E-state index < -0.39 is 17.4 Å². The van der Waals surface area contributed by atoms with Crippen molar-refractivity contribution in [3.8, 4) is 16.8 Å². The summed E-state index contributed by atoms with van der Waals surface area (Å²) in [6.45, 7) is 9.37. The van der Waals surface area contributed by atoms with Crippen LogP contribution in [-0.2, 0) is 55.9 Å². The van der Waals surface area contributed by atoms with Crippen LogP contribution in [0.3, 0.4) is 0 Å². The Morgan fingerprint density at radius 1 is 0.696 bits per heavy atom. The number of carbonyl (C=O) groups is 1. The van der Waals surface area contributed by atoms with Crippen LogP contribution < -0.4 is 10.6 Å². The van der Waals surface area contributed by atoms with Crippen LogP contribution in [0.5, 0.6) is 0 Å². The molecule has 1 saturated heterocycles. The molecule has 22 heteroatoms. The molecule has 0 bridgehead atoms. The Labute approximate surface area is 397 Å². The van der Waals surface area contributed by atoms with Crippen molar-refractivity contribution in [3.05, 3.63) is 93.1 Å². The van der Waals surface area contributed by atoms with Gasteiger partial charge in [0.15, 0.2) is 0 Å². The fraction of sp³-hybridized carbons (Fsp3) is 0.532. The Bertz CT molecular complexity index is 2490. The predicted octanol–water partition coefficient (Wildman–Crippen LogP) is 5.75. The third-order valence-corrected chi connectivity index (χ3v) is 11.1. The molecule has 0 atom stereocenters. The number of ether oxygens (including phenoxy) is 8. The molecule has 3 aromatic heterocycles. The zero-order valence-electron chi connectivity index (χ0n) is 39.1. The molecule has 19 nitrogen and oxygen atoms in total. The van der Waals surface area contributed by atoms with Crippen LogP contribution in [0.1, 0.15) is 17.7 Å². The van der Waals surface area contributed by atoms with Gasteiger partial charge in [-0.15, -0.1) is 0 Å². The average molecular weight is 968 g/mol. The second-order valence-electron chi connectivity index (χ2n) is 15.8. The number of amides is 1. The van der Waals surface area contributed by atoms with Gasteiger partial charge < -0.3 is 47.7 Å². The lowest BCUT2D eigenvalue weighted by molar-refractivity contribution is -0.137. The Balaban J connectivity index is 0.843. The van der Waals surface area contributed by atoms with Crippen molar-refractivity contribution in [1.29, 1.82) is 0 Å². The number of aryl methyl sites for hydroxylation is 2. The van der Waals surface area contributed by atoms with Crippen molar-refractivity contribution in [2.24, 2.45) is 12.2 Å². The normalized spacial score (nSPS) is 13.2. The van der Waals surface area contributed by atoms with Crippen molar-refractivity contribution >= 4 is 33.5 Å². The van der Waals surface area contributed by atoms with Crippen LogP contribution >= 0.6 is 0 Å². The summed E-state index contributed by atoms with van der Waals surface area (Å²) in [5.41, 5.74) is 10.9. The SMILES string of the molecule is Cc1ccc(-c2ccc3ncc4c(c3c2)n(-c2ccc(N3CCN(C(=O)CCOCCOCCOCCOCCOCCOCCOCCOCCN=[N+]=[N-])CC3)c(C(F)(F)F)c2)c(=O)n4C)cn1. The van der Waals surface area contributed by atoms with E-state index in [1.54, 1.807) is 29.2 Å². The maximum atomic E-state index is 14.9. The first-order valence-electron chi connectivity index (χ1n) is 22.9. The first kappa shape index (κ1) is 52.7. The summed E-state index contributed by atoms with van der Waals surface area (Å²) in [6.07, 6.45) is -1.29. The molecule has 1 amide bonds. The number of aromatic nitrogens is 4. The van der Waals surface area contributed by atoms with Gasteiger partial charge in [0.25, 0.3) is 0 Å². The van der Waals surface area contributed by atoms with Crippen LogP contribution in [0.2, 0.25) is 0 Å². The molecule has 5 aromatic rings. The first-order chi connectivity index (χ1) is 33.6. The molecule has 0 spiro atoms. The van der Waals surface area contributed by atoms with E-state index in [9.17, 15) is 22.8 Å². The summed E-state index contributed by atoms with van der Waals surface area (Å²) in [5.74, 6) is -0.144. The van der Waals surface area contributed by atoms with Crippen molar-refractivity contribution in [1.82, 2.24) is 24.0 Å². The summed E-state index contributed by atoms with van der Waals surface area (Å²) in [6, 6.07) is 13.4.